The van der Waals surface area contributed by atoms with Crippen molar-refractivity contribution in [3.63, 3.8) is 0 Å². The fourth-order valence-electron chi connectivity index (χ4n) is 1.84. The smallest absolute Gasteiger partial charge is 0.168 e. The first-order valence-electron chi connectivity index (χ1n) is 5.46. The van der Waals surface area contributed by atoms with Crippen LogP contribution in [-0.2, 0) is 0 Å². The summed E-state index contributed by atoms with van der Waals surface area (Å²) in [5.41, 5.74) is 8.01. The molecule has 2 aromatic rings. The highest BCUT2D eigenvalue weighted by Crippen LogP contribution is 2.41. The Hall–Kier alpha value is -2.36. The van der Waals surface area contributed by atoms with Gasteiger partial charge in [-0.15, -0.1) is 0 Å². The van der Waals surface area contributed by atoms with Crippen LogP contribution in [0.5, 0.6) is 17.2 Å². The lowest BCUT2D eigenvalue weighted by Gasteiger charge is -2.13. The number of phenols is 1. The lowest BCUT2D eigenvalue weighted by atomic mass is 10.0. The summed E-state index contributed by atoms with van der Waals surface area (Å²) in [7, 11) is 3.06. The third-order valence-corrected chi connectivity index (χ3v) is 2.68. The number of hydrogen-bond donors (Lipinski definition) is 2. The lowest BCUT2D eigenvalue weighted by Crippen LogP contribution is -1.92. The van der Waals surface area contributed by atoms with Gasteiger partial charge >= 0.3 is 0 Å². The normalized spacial score (nSPS) is 10.1. The summed E-state index contributed by atoms with van der Waals surface area (Å²) in [5.74, 6) is 1.00. The Kier molecular flexibility index (Phi) is 3.28. The number of nitrogen functional groups attached to an aromatic ring is 1. The van der Waals surface area contributed by atoms with Crippen molar-refractivity contribution in [3.05, 3.63) is 36.4 Å². The first-order chi connectivity index (χ1) is 8.65. The molecule has 0 aliphatic carbocycles. The minimum absolute atomic E-state index is 0.0364. The van der Waals surface area contributed by atoms with Gasteiger partial charge in [-0.1, -0.05) is 12.1 Å². The highest BCUT2D eigenvalue weighted by Gasteiger charge is 2.13. The van der Waals surface area contributed by atoms with E-state index >= 15 is 0 Å². The molecule has 0 unspecified atom stereocenters. The molecule has 3 N–H and O–H groups in total. The number of ether oxygens (including phenoxy) is 2. The summed E-state index contributed by atoms with van der Waals surface area (Å²) in [5, 5.41) is 9.90. The molecule has 0 fully saturated rings. The van der Waals surface area contributed by atoms with Crippen molar-refractivity contribution in [2.24, 2.45) is 0 Å². The molecule has 0 aliphatic rings. The summed E-state index contributed by atoms with van der Waals surface area (Å²) in [4.78, 5) is 0. The second-order valence-corrected chi connectivity index (χ2v) is 3.85. The van der Waals surface area contributed by atoms with Crippen LogP contribution >= 0.6 is 0 Å². The van der Waals surface area contributed by atoms with E-state index in [9.17, 15) is 5.11 Å². The molecule has 0 saturated carbocycles. The standard InChI is InChI=1S/C14H15NO3/c1-17-11-7-12(14(18-2)13(16)8-11)9-4-3-5-10(15)6-9/h3-8,16H,15H2,1-2H3. The maximum Gasteiger partial charge on any atom is 0.168 e. The fraction of sp³-hybridized carbons (Fsp3) is 0.143. The third-order valence-electron chi connectivity index (χ3n) is 2.68. The average molecular weight is 245 g/mol. The van der Waals surface area contributed by atoms with Gasteiger partial charge in [-0.3, -0.25) is 0 Å². The summed E-state index contributed by atoms with van der Waals surface area (Å²) < 4.78 is 10.4. The molecule has 0 bridgehead atoms. The summed E-state index contributed by atoms with van der Waals surface area (Å²) in [6.45, 7) is 0. The van der Waals surface area contributed by atoms with Gasteiger partial charge in [0, 0.05) is 17.3 Å². The first-order valence-corrected chi connectivity index (χ1v) is 5.46. The van der Waals surface area contributed by atoms with Crippen molar-refractivity contribution in [3.8, 4) is 28.4 Å². The van der Waals surface area contributed by atoms with Gasteiger partial charge in [0.1, 0.15) is 5.75 Å². The maximum absolute atomic E-state index is 9.90. The molecule has 0 heterocycles. The maximum atomic E-state index is 9.90. The number of rotatable bonds is 3. The zero-order valence-electron chi connectivity index (χ0n) is 10.3. The fourth-order valence-corrected chi connectivity index (χ4v) is 1.84. The summed E-state index contributed by atoms with van der Waals surface area (Å²) in [6.07, 6.45) is 0. The first kappa shape index (κ1) is 12.1. The summed E-state index contributed by atoms with van der Waals surface area (Å²) in [6, 6.07) is 10.7. The number of methoxy groups -OCH3 is 2. The van der Waals surface area contributed by atoms with Crippen molar-refractivity contribution in [1.82, 2.24) is 0 Å². The molecule has 94 valence electrons. The van der Waals surface area contributed by atoms with E-state index in [1.807, 2.05) is 18.2 Å². The Labute approximate surface area is 106 Å². The van der Waals surface area contributed by atoms with Crippen molar-refractivity contribution in [2.45, 2.75) is 0 Å². The quantitative estimate of drug-likeness (QED) is 0.816. The van der Waals surface area contributed by atoms with Gasteiger partial charge in [0.25, 0.3) is 0 Å². The Balaban J connectivity index is 2.64. The number of nitrogens with two attached hydrogens (primary N) is 1. The highest BCUT2D eigenvalue weighted by molar-refractivity contribution is 5.77. The van der Waals surface area contributed by atoms with Crippen molar-refractivity contribution >= 4 is 5.69 Å². The van der Waals surface area contributed by atoms with Crippen molar-refractivity contribution in [1.29, 1.82) is 0 Å². The van der Waals surface area contributed by atoms with Crippen LogP contribution in [0.25, 0.3) is 11.1 Å². The Morgan fingerprint density at radius 2 is 1.83 bits per heavy atom. The van der Waals surface area contributed by atoms with E-state index in [2.05, 4.69) is 0 Å². The number of anilines is 1. The monoisotopic (exact) mass is 245 g/mol. The van der Waals surface area contributed by atoms with Crippen molar-refractivity contribution in [2.75, 3.05) is 20.0 Å². The van der Waals surface area contributed by atoms with Gasteiger partial charge in [0.2, 0.25) is 0 Å². The Morgan fingerprint density at radius 3 is 2.44 bits per heavy atom. The van der Waals surface area contributed by atoms with E-state index in [0.29, 0.717) is 17.2 Å². The third kappa shape index (κ3) is 2.18. The van der Waals surface area contributed by atoms with E-state index in [4.69, 9.17) is 15.2 Å². The largest absolute Gasteiger partial charge is 0.504 e. The molecule has 2 aromatic carbocycles. The van der Waals surface area contributed by atoms with Gasteiger partial charge in [-0.2, -0.15) is 0 Å². The van der Waals surface area contributed by atoms with Crippen LogP contribution in [0.4, 0.5) is 5.69 Å². The van der Waals surface area contributed by atoms with Crippen LogP contribution in [0.15, 0.2) is 36.4 Å². The van der Waals surface area contributed by atoms with E-state index in [-0.39, 0.29) is 5.75 Å². The molecule has 18 heavy (non-hydrogen) atoms. The molecule has 0 saturated heterocycles. The minimum atomic E-state index is 0.0364. The number of benzene rings is 2. The lowest BCUT2D eigenvalue weighted by molar-refractivity contribution is 0.367. The zero-order chi connectivity index (χ0) is 13.1. The van der Waals surface area contributed by atoms with E-state index in [1.54, 1.807) is 19.2 Å². The zero-order valence-corrected chi connectivity index (χ0v) is 10.3. The second kappa shape index (κ2) is 4.87. The molecule has 0 aromatic heterocycles. The van der Waals surface area contributed by atoms with Gasteiger partial charge in [-0.05, 0) is 23.8 Å². The van der Waals surface area contributed by atoms with Gasteiger partial charge < -0.3 is 20.3 Å². The van der Waals surface area contributed by atoms with Crippen LogP contribution in [0.3, 0.4) is 0 Å². The minimum Gasteiger partial charge on any atom is -0.504 e. The Bertz CT molecular complexity index is 567. The van der Waals surface area contributed by atoms with E-state index in [0.717, 1.165) is 11.1 Å². The van der Waals surface area contributed by atoms with Crippen LogP contribution < -0.4 is 15.2 Å². The summed E-state index contributed by atoms with van der Waals surface area (Å²) >= 11 is 0. The molecule has 0 atom stereocenters. The number of hydrogen-bond acceptors (Lipinski definition) is 4. The van der Waals surface area contributed by atoms with Crippen LogP contribution in [0.2, 0.25) is 0 Å². The van der Waals surface area contributed by atoms with Gasteiger partial charge in [0.05, 0.1) is 14.2 Å². The van der Waals surface area contributed by atoms with Gasteiger partial charge in [0.15, 0.2) is 11.5 Å². The van der Waals surface area contributed by atoms with Crippen LogP contribution in [0.1, 0.15) is 0 Å². The van der Waals surface area contributed by atoms with Crippen molar-refractivity contribution < 1.29 is 14.6 Å². The predicted octanol–water partition coefficient (Wildman–Crippen LogP) is 2.66. The molecule has 0 amide bonds. The highest BCUT2D eigenvalue weighted by atomic mass is 16.5. The average Bonchev–Trinajstić information content (AvgIpc) is 2.37. The topological polar surface area (TPSA) is 64.7 Å². The molecule has 0 spiro atoms. The Morgan fingerprint density at radius 1 is 1.06 bits per heavy atom. The number of phenolic OH excluding ortho intramolecular Hbond substituents is 1. The van der Waals surface area contributed by atoms with E-state index < -0.39 is 0 Å². The van der Waals surface area contributed by atoms with Crippen LogP contribution in [-0.4, -0.2) is 19.3 Å². The molecule has 2 rings (SSSR count). The molecule has 0 aliphatic heterocycles. The van der Waals surface area contributed by atoms with Crippen LogP contribution in [0, 0.1) is 0 Å². The van der Waals surface area contributed by atoms with Gasteiger partial charge in [-0.25, -0.2) is 0 Å². The molecule has 4 nitrogen and oxygen atoms in total. The molecule has 4 heteroatoms. The molecular weight excluding hydrogens is 230 g/mol. The second-order valence-electron chi connectivity index (χ2n) is 3.85. The molecule has 0 radical (unpaired) electrons. The molecular formula is C14H15NO3. The number of aromatic hydroxyl groups is 1. The SMILES string of the molecule is COc1cc(O)c(OC)c(-c2cccc(N)c2)c1. The predicted molar refractivity (Wildman–Crippen MR) is 71.1 cm³/mol. The van der Waals surface area contributed by atoms with E-state index in [1.165, 1.54) is 13.2 Å².